The Labute approximate surface area is 145 Å². The number of hydrogen-bond acceptors (Lipinski definition) is 3. The fourth-order valence-corrected chi connectivity index (χ4v) is 2.51. The molecular formula is C20H29NO3. The van der Waals surface area contributed by atoms with Gasteiger partial charge in [-0.25, -0.2) is 0 Å². The van der Waals surface area contributed by atoms with E-state index in [1.807, 2.05) is 0 Å². The van der Waals surface area contributed by atoms with Crippen molar-refractivity contribution in [3.63, 3.8) is 0 Å². The smallest absolute Gasteiger partial charge is 0.224 e. The average Bonchev–Trinajstić information content (AvgIpc) is 2.55. The summed E-state index contributed by atoms with van der Waals surface area (Å²) in [6.07, 6.45) is 7.78. The van der Waals surface area contributed by atoms with E-state index in [0.29, 0.717) is 36.9 Å². The van der Waals surface area contributed by atoms with Crippen molar-refractivity contribution in [2.75, 3.05) is 5.32 Å². The maximum atomic E-state index is 11.9. The van der Waals surface area contributed by atoms with Gasteiger partial charge in [-0.3, -0.25) is 14.4 Å². The highest BCUT2D eigenvalue weighted by molar-refractivity contribution is 5.95. The third kappa shape index (κ3) is 8.61. The van der Waals surface area contributed by atoms with E-state index < -0.39 is 0 Å². The summed E-state index contributed by atoms with van der Waals surface area (Å²) in [5, 5.41) is 2.79. The van der Waals surface area contributed by atoms with Crippen LogP contribution in [0.25, 0.3) is 0 Å². The first-order chi connectivity index (χ1) is 11.5. The second kappa shape index (κ2) is 11.5. The molecule has 0 fully saturated rings. The fourth-order valence-electron chi connectivity index (χ4n) is 2.51. The van der Waals surface area contributed by atoms with Crippen LogP contribution in [0.5, 0.6) is 0 Å². The van der Waals surface area contributed by atoms with E-state index >= 15 is 0 Å². The van der Waals surface area contributed by atoms with Crippen molar-refractivity contribution < 1.29 is 14.4 Å². The van der Waals surface area contributed by atoms with Crippen molar-refractivity contribution in [3.05, 3.63) is 29.8 Å². The molecule has 4 nitrogen and oxygen atoms in total. The quantitative estimate of drug-likeness (QED) is 0.436. The summed E-state index contributed by atoms with van der Waals surface area (Å²) < 4.78 is 0. The lowest BCUT2D eigenvalue weighted by atomic mass is 10.1. The van der Waals surface area contributed by atoms with Crippen LogP contribution in [-0.4, -0.2) is 17.5 Å². The van der Waals surface area contributed by atoms with Gasteiger partial charge in [0, 0.05) is 30.5 Å². The van der Waals surface area contributed by atoms with Crippen molar-refractivity contribution in [1.82, 2.24) is 0 Å². The predicted molar refractivity (Wildman–Crippen MR) is 97.3 cm³/mol. The molecule has 132 valence electrons. The monoisotopic (exact) mass is 331 g/mol. The summed E-state index contributed by atoms with van der Waals surface area (Å²) in [5.74, 6) is 0.160. The molecule has 4 heteroatoms. The lowest BCUT2D eigenvalue weighted by Gasteiger charge is -2.06. The highest BCUT2D eigenvalue weighted by Gasteiger charge is 2.06. The minimum atomic E-state index is -0.0960. The van der Waals surface area contributed by atoms with Crippen LogP contribution in [0, 0.1) is 0 Å². The molecule has 0 heterocycles. The summed E-state index contributed by atoms with van der Waals surface area (Å²) in [6.45, 7) is 3.68. The number of unbranched alkanes of at least 4 members (excludes halogenated alkanes) is 4. The van der Waals surface area contributed by atoms with Crippen LogP contribution in [0.3, 0.4) is 0 Å². The van der Waals surface area contributed by atoms with Gasteiger partial charge >= 0.3 is 0 Å². The van der Waals surface area contributed by atoms with E-state index in [0.717, 1.165) is 12.8 Å². The normalized spacial score (nSPS) is 10.4. The van der Waals surface area contributed by atoms with Gasteiger partial charge in [0.15, 0.2) is 5.78 Å². The molecule has 24 heavy (non-hydrogen) atoms. The second-order valence-electron chi connectivity index (χ2n) is 6.24. The zero-order valence-electron chi connectivity index (χ0n) is 14.9. The minimum Gasteiger partial charge on any atom is -0.326 e. The summed E-state index contributed by atoms with van der Waals surface area (Å²) in [6, 6.07) is 6.83. The number of amides is 1. The fraction of sp³-hybridized carbons (Fsp3) is 0.550. The Bertz CT molecular complexity index is 534. The first kappa shape index (κ1) is 20.1. The Kier molecular flexibility index (Phi) is 9.66. The molecule has 0 aliphatic heterocycles. The van der Waals surface area contributed by atoms with Crippen molar-refractivity contribution in [3.8, 4) is 0 Å². The van der Waals surface area contributed by atoms with Crippen LogP contribution >= 0.6 is 0 Å². The Morgan fingerprint density at radius 1 is 0.833 bits per heavy atom. The van der Waals surface area contributed by atoms with Gasteiger partial charge in [0.05, 0.1) is 0 Å². The number of carbonyl (C=O) groups is 3. The summed E-state index contributed by atoms with van der Waals surface area (Å²) >= 11 is 0. The standard InChI is InChI=1S/C20H29NO3/c1-3-4-5-6-7-9-19(23)10-8-11-20(24)21-18-14-12-17(13-15-18)16(2)22/h12-15H,3-11H2,1-2H3,(H,21,24). The summed E-state index contributed by atoms with van der Waals surface area (Å²) in [4.78, 5) is 34.8. The first-order valence-corrected chi connectivity index (χ1v) is 8.95. The summed E-state index contributed by atoms with van der Waals surface area (Å²) in [7, 11) is 0. The maximum Gasteiger partial charge on any atom is 0.224 e. The molecular weight excluding hydrogens is 302 g/mol. The van der Waals surface area contributed by atoms with Gasteiger partial charge in [0.25, 0.3) is 0 Å². The first-order valence-electron chi connectivity index (χ1n) is 8.95. The number of rotatable bonds is 12. The van der Waals surface area contributed by atoms with Crippen LogP contribution in [0.4, 0.5) is 5.69 Å². The zero-order chi connectivity index (χ0) is 17.8. The molecule has 1 N–H and O–H groups in total. The molecule has 0 saturated heterocycles. The molecule has 0 bridgehead atoms. The molecule has 0 aromatic heterocycles. The third-order valence-electron chi connectivity index (χ3n) is 3.99. The Balaban J connectivity index is 2.17. The number of anilines is 1. The molecule has 0 atom stereocenters. The highest BCUT2D eigenvalue weighted by Crippen LogP contribution is 2.12. The largest absolute Gasteiger partial charge is 0.326 e. The van der Waals surface area contributed by atoms with Gasteiger partial charge in [0.2, 0.25) is 5.91 Å². The van der Waals surface area contributed by atoms with Gasteiger partial charge in [-0.1, -0.05) is 32.6 Å². The van der Waals surface area contributed by atoms with Gasteiger partial charge in [-0.05, 0) is 44.0 Å². The lowest BCUT2D eigenvalue weighted by Crippen LogP contribution is -2.12. The van der Waals surface area contributed by atoms with E-state index in [4.69, 9.17) is 0 Å². The van der Waals surface area contributed by atoms with E-state index in [2.05, 4.69) is 12.2 Å². The van der Waals surface area contributed by atoms with Gasteiger partial charge in [0.1, 0.15) is 5.78 Å². The number of ketones is 2. The van der Waals surface area contributed by atoms with E-state index in [-0.39, 0.29) is 17.5 Å². The molecule has 0 unspecified atom stereocenters. The lowest BCUT2D eigenvalue weighted by molar-refractivity contribution is -0.119. The van der Waals surface area contributed by atoms with Crippen molar-refractivity contribution >= 4 is 23.2 Å². The van der Waals surface area contributed by atoms with Crippen molar-refractivity contribution in [1.29, 1.82) is 0 Å². The summed E-state index contributed by atoms with van der Waals surface area (Å²) in [5.41, 5.74) is 1.30. The van der Waals surface area contributed by atoms with Crippen LogP contribution < -0.4 is 5.32 Å². The number of nitrogens with one attached hydrogen (secondary N) is 1. The number of benzene rings is 1. The number of hydrogen-bond donors (Lipinski definition) is 1. The molecule has 1 rings (SSSR count). The van der Waals surface area contributed by atoms with Gasteiger partial charge in [-0.15, -0.1) is 0 Å². The molecule has 0 aliphatic carbocycles. The van der Waals surface area contributed by atoms with Gasteiger partial charge in [-0.2, -0.15) is 0 Å². The SMILES string of the molecule is CCCCCCCC(=O)CCCC(=O)Nc1ccc(C(C)=O)cc1. The molecule has 1 amide bonds. The Morgan fingerprint density at radius 2 is 1.46 bits per heavy atom. The van der Waals surface area contributed by atoms with E-state index in [1.54, 1.807) is 24.3 Å². The van der Waals surface area contributed by atoms with E-state index in [9.17, 15) is 14.4 Å². The van der Waals surface area contributed by atoms with Crippen molar-refractivity contribution in [2.45, 2.75) is 71.6 Å². The van der Waals surface area contributed by atoms with Crippen LogP contribution in [0.15, 0.2) is 24.3 Å². The molecule has 0 radical (unpaired) electrons. The molecule has 0 spiro atoms. The van der Waals surface area contributed by atoms with Crippen LogP contribution in [0.2, 0.25) is 0 Å². The van der Waals surface area contributed by atoms with Crippen LogP contribution in [-0.2, 0) is 9.59 Å². The molecule has 0 aliphatic rings. The number of Topliss-reactive ketones (excluding diaryl/α,β-unsaturated/α-hetero) is 2. The molecule has 0 saturated carbocycles. The average molecular weight is 331 g/mol. The topological polar surface area (TPSA) is 63.2 Å². The zero-order valence-corrected chi connectivity index (χ0v) is 14.9. The molecule has 1 aromatic carbocycles. The maximum absolute atomic E-state index is 11.9. The van der Waals surface area contributed by atoms with Crippen LogP contribution in [0.1, 0.15) is 82.0 Å². The minimum absolute atomic E-state index is 0.00100. The third-order valence-corrected chi connectivity index (χ3v) is 3.99. The number of carbonyl (C=O) groups excluding carboxylic acids is 3. The predicted octanol–water partition coefficient (Wildman–Crippen LogP) is 4.93. The second-order valence-corrected chi connectivity index (χ2v) is 6.24. The Hall–Kier alpha value is -1.97. The van der Waals surface area contributed by atoms with Crippen molar-refractivity contribution in [2.24, 2.45) is 0 Å². The van der Waals surface area contributed by atoms with Gasteiger partial charge < -0.3 is 5.32 Å². The molecule has 1 aromatic rings. The van der Waals surface area contributed by atoms with E-state index in [1.165, 1.54) is 26.2 Å². The Morgan fingerprint density at radius 3 is 2.08 bits per heavy atom. The highest BCUT2D eigenvalue weighted by atomic mass is 16.1.